The molecule has 0 radical (unpaired) electrons. The molecule has 3 rings (SSSR count). The Balaban J connectivity index is 2.53. The number of fused-ring (bicyclic) bond motifs is 3. The van der Waals surface area contributed by atoms with Crippen LogP contribution in [0.15, 0.2) is 33.8 Å². The molecule has 5 nitrogen and oxygen atoms in total. The van der Waals surface area contributed by atoms with Crippen LogP contribution >= 0.6 is 0 Å². The van der Waals surface area contributed by atoms with E-state index in [0.717, 1.165) is 0 Å². The maximum absolute atomic E-state index is 11.6. The predicted molar refractivity (Wildman–Crippen MR) is 58.1 cm³/mol. The normalized spacial score (nSPS) is 11.3. The summed E-state index contributed by atoms with van der Waals surface area (Å²) in [4.78, 5) is 18.5. The Kier molecular flexibility index (Phi) is 1.81. The Bertz CT molecular complexity index is 727. The molecule has 0 bridgehead atoms. The lowest BCUT2D eigenvalue weighted by molar-refractivity contribution is 0.281. The smallest absolute Gasteiger partial charge is 0.259 e. The van der Waals surface area contributed by atoms with Gasteiger partial charge in [0.05, 0.1) is 23.8 Å². The van der Waals surface area contributed by atoms with E-state index in [0.29, 0.717) is 27.6 Å². The van der Waals surface area contributed by atoms with E-state index in [1.807, 2.05) is 0 Å². The molecule has 0 unspecified atom stereocenters. The van der Waals surface area contributed by atoms with Gasteiger partial charge in [-0.25, -0.2) is 0 Å². The van der Waals surface area contributed by atoms with Crippen LogP contribution in [0.3, 0.4) is 0 Å². The van der Waals surface area contributed by atoms with Crippen molar-refractivity contribution in [2.75, 3.05) is 0 Å². The number of hydrogen-bond acceptors (Lipinski definition) is 4. The largest absolute Gasteiger partial charge is 0.462 e. The fraction of sp³-hybridized carbons (Fsp3) is 0.0909. The summed E-state index contributed by atoms with van der Waals surface area (Å²) >= 11 is 0. The number of aromatic amines is 1. The SMILES string of the molecule is O=c1[nH]c2cc(CO)cnc2c2occc12. The zero-order valence-electron chi connectivity index (χ0n) is 8.23. The fourth-order valence-corrected chi connectivity index (χ4v) is 1.73. The molecule has 0 aliphatic rings. The summed E-state index contributed by atoms with van der Waals surface area (Å²) in [6.07, 6.45) is 3.02. The average Bonchev–Trinajstić information content (AvgIpc) is 2.78. The van der Waals surface area contributed by atoms with Gasteiger partial charge in [0.25, 0.3) is 5.56 Å². The lowest BCUT2D eigenvalue weighted by Crippen LogP contribution is -2.05. The summed E-state index contributed by atoms with van der Waals surface area (Å²) in [7, 11) is 0. The van der Waals surface area contributed by atoms with Crippen molar-refractivity contribution in [2.24, 2.45) is 0 Å². The number of aromatic nitrogens is 2. The number of nitrogens with zero attached hydrogens (tertiary/aromatic N) is 1. The minimum absolute atomic E-state index is 0.110. The Morgan fingerprint density at radius 3 is 3.19 bits per heavy atom. The van der Waals surface area contributed by atoms with Crippen molar-refractivity contribution in [1.82, 2.24) is 9.97 Å². The highest BCUT2D eigenvalue weighted by molar-refractivity contribution is 5.98. The van der Waals surface area contributed by atoms with Crippen LogP contribution in [0.2, 0.25) is 0 Å². The molecule has 3 aromatic heterocycles. The molecular weight excluding hydrogens is 208 g/mol. The number of aliphatic hydroxyl groups excluding tert-OH is 1. The number of rotatable bonds is 1. The van der Waals surface area contributed by atoms with Gasteiger partial charge in [0.15, 0.2) is 5.58 Å². The van der Waals surface area contributed by atoms with Gasteiger partial charge in [-0.2, -0.15) is 0 Å². The molecule has 0 aromatic carbocycles. The van der Waals surface area contributed by atoms with Crippen LogP contribution in [-0.4, -0.2) is 15.1 Å². The lowest BCUT2D eigenvalue weighted by atomic mass is 10.2. The second-order valence-corrected chi connectivity index (χ2v) is 3.52. The van der Waals surface area contributed by atoms with Crippen molar-refractivity contribution in [3.05, 3.63) is 40.5 Å². The molecule has 0 aliphatic heterocycles. The van der Waals surface area contributed by atoms with Gasteiger partial charge in [-0.1, -0.05) is 0 Å². The number of nitrogens with one attached hydrogen (secondary N) is 1. The fourth-order valence-electron chi connectivity index (χ4n) is 1.73. The van der Waals surface area contributed by atoms with E-state index in [4.69, 9.17) is 9.52 Å². The Labute approximate surface area is 89.3 Å². The number of H-pyrrole nitrogens is 1. The number of aliphatic hydroxyl groups is 1. The quantitative estimate of drug-likeness (QED) is 0.639. The van der Waals surface area contributed by atoms with E-state index >= 15 is 0 Å². The molecule has 5 heteroatoms. The van der Waals surface area contributed by atoms with Gasteiger partial charge >= 0.3 is 0 Å². The lowest BCUT2D eigenvalue weighted by Gasteiger charge is -2.00. The molecule has 80 valence electrons. The maximum atomic E-state index is 11.6. The zero-order valence-corrected chi connectivity index (χ0v) is 8.23. The number of furan rings is 1. The van der Waals surface area contributed by atoms with Crippen LogP contribution in [0.4, 0.5) is 0 Å². The Morgan fingerprint density at radius 2 is 2.38 bits per heavy atom. The first kappa shape index (κ1) is 9.11. The Hall–Kier alpha value is -2.14. The second kappa shape index (κ2) is 3.18. The van der Waals surface area contributed by atoms with Gasteiger partial charge in [0.1, 0.15) is 5.52 Å². The Morgan fingerprint density at radius 1 is 1.50 bits per heavy atom. The van der Waals surface area contributed by atoms with Gasteiger partial charge in [-0.05, 0) is 17.7 Å². The van der Waals surface area contributed by atoms with Crippen molar-refractivity contribution in [1.29, 1.82) is 0 Å². The van der Waals surface area contributed by atoms with Gasteiger partial charge < -0.3 is 14.5 Å². The van der Waals surface area contributed by atoms with E-state index in [1.54, 1.807) is 18.3 Å². The summed E-state index contributed by atoms with van der Waals surface area (Å²) in [5, 5.41) is 9.47. The average molecular weight is 216 g/mol. The molecule has 3 heterocycles. The van der Waals surface area contributed by atoms with Gasteiger partial charge in [0, 0.05) is 6.20 Å². The molecular formula is C11H8N2O3. The van der Waals surface area contributed by atoms with E-state index < -0.39 is 0 Å². The summed E-state index contributed by atoms with van der Waals surface area (Å²) in [5.41, 5.74) is 2.07. The monoisotopic (exact) mass is 216 g/mol. The zero-order chi connectivity index (χ0) is 11.1. The minimum Gasteiger partial charge on any atom is -0.462 e. The van der Waals surface area contributed by atoms with Crippen LogP contribution in [-0.2, 0) is 6.61 Å². The third-order valence-electron chi connectivity index (χ3n) is 2.50. The standard InChI is InChI=1S/C11H8N2O3/c14-5-6-3-8-9(12-4-6)10-7(1-2-16-10)11(15)13-8/h1-4,14H,5H2,(H,13,15). The van der Waals surface area contributed by atoms with Crippen LogP contribution in [0.1, 0.15) is 5.56 Å². The highest BCUT2D eigenvalue weighted by Gasteiger charge is 2.09. The van der Waals surface area contributed by atoms with Gasteiger partial charge in [-0.15, -0.1) is 0 Å². The van der Waals surface area contributed by atoms with Crippen LogP contribution < -0.4 is 5.56 Å². The third kappa shape index (κ3) is 1.15. The predicted octanol–water partition coefficient (Wildman–Crippen LogP) is 1.16. The van der Waals surface area contributed by atoms with Gasteiger partial charge in [0.2, 0.25) is 0 Å². The van der Waals surface area contributed by atoms with Crippen LogP contribution in [0, 0.1) is 0 Å². The molecule has 0 atom stereocenters. The summed E-state index contributed by atoms with van der Waals surface area (Å²) in [6.45, 7) is -0.110. The maximum Gasteiger partial charge on any atom is 0.259 e. The molecule has 0 fully saturated rings. The van der Waals surface area contributed by atoms with E-state index in [2.05, 4.69) is 9.97 Å². The second-order valence-electron chi connectivity index (χ2n) is 3.52. The molecule has 16 heavy (non-hydrogen) atoms. The molecule has 0 saturated heterocycles. The van der Waals surface area contributed by atoms with Crippen molar-refractivity contribution >= 4 is 22.0 Å². The van der Waals surface area contributed by atoms with E-state index in [-0.39, 0.29) is 12.2 Å². The molecule has 0 saturated carbocycles. The molecule has 3 aromatic rings. The van der Waals surface area contributed by atoms with Crippen molar-refractivity contribution in [2.45, 2.75) is 6.61 Å². The van der Waals surface area contributed by atoms with Gasteiger partial charge in [-0.3, -0.25) is 9.78 Å². The van der Waals surface area contributed by atoms with E-state index in [9.17, 15) is 4.79 Å². The molecule has 2 N–H and O–H groups in total. The van der Waals surface area contributed by atoms with Crippen molar-refractivity contribution in [3.8, 4) is 0 Å². The molecule has 0 amide bonds. The summed E-state index contributed by atoms with van der Waals surface area (Å²) in [5.74, 6) is 0. The highest BCUT2D eigenvalue weighted by Crippen LogP contribution is 2.20. The first-order valence-electron chi connectivity index (χ1n) is 4.78. The van der Waals surface area contributed by atoms with E-state index in [1.165, 1.54) is 6.26 Å². The molecule has 0 spiro atoms. The molecule has 0 aliphatic carbocycles. The third-order valence-corrected chi connectivity index (χ3v) is 2.50. The van der Waals surface area contributed by atoms with Crippen LogP contribution in [0.5, 0.6) is 0 Å². The topological polar surface area (TPSA) is 79.1 Å². The highest BCUT2D eigenvalue weighted by atomic mass is 16.3. The summed E-state index contributed by atoms with van der Waals surface area (Å²) in [6, 6.07) is 3.29. The van der Waals surface area contributed by atoms with Crippen molar-refractivity contribution in [3.63, 3.8) is 0 Å². The summed E-state index contributed by atoms with van der Waals surface area (Å²) < 4.78 is 5.24. The number of hydrogen-bond donors (Lipinski definition) is 2. The minimum atomic E-state index is -0.215. The first-order chi connectivity index (χ1) is 7.79. The first-order valence-corrected chi connectivity index (χ1v) is 4.78. The van der Waals surface area contributed by atoms with Crippen molar-refractivity contribution < 1.29 is 9.52 Å². The number of pyridine rings is 2. The van der Waals surface area contributed by atoms with Crippen LogP contribution in [0.25, 0.3) is 22.0 Å².